The number of rotatable bonds is 5. The van der Waals surface area contributed by atoms with Crippen molar-refractivity contribution in [2.24, 2.45) is 5.92 Å². The molecule has 26 heavy (non-hydrogen) atoms. The van der Waals surface area contributed by atoms with Crippen LogP contribution in [0.15, 0.2) is 30.7 Å². The second-order valence-electron chi connectivity index (χ2n) is 7.31. The summed E-state index contributed by atoms with van der Waals surface area (Å²) in [5, 5.41) is 3.37. The molecule has 0 unspecified atom stereocenters. The number of aromatic nitrogens is 2. The van der Waals surface area contributed by atoms with Gasteiger partial charge in [-0.1, -0.05) is 0 Å². The van der Waals surface area contributed by atoms with E-state index in [1.807, 2.05) is 11.3 Å². The molecule has 0 radical (unpaired) electrons. The smallest absolute Gasteiger partial charge is 0.144 e. The normalized spacial score (nSPS) is 26.9. The zero-order chi connectivity index (χ0) is 17.8. The first-order chi connectivity index (χ1) is 12.7. The van der Waals surface area contributed by atoms with Crippen LogP contribution in [0.4, 0.5) is 5.82 Å². The van der Waals surface area contributed by atoms with Crippen molar-refractivity contribution in [3.63, 3.8) is 0 Å². The van der Waals surface area contributed by atoms with E-state index in [1.165, 1.54) is 9.75 Å². The summed E-state index contributed by atoms with van der Waals surface area (Å²) in [5.41, 5.74) is -0.183. The van der Waals surface area contributed by atoms with Gasteiger partial charge in [0.1, 0.15) is 11.4 Å². The second-order valence-corrected chi connectivity index (χ2v) is 8.68. The molecule has 2 aromatic rings. The van der Waals surface area contributed by atoms with Crippen LogP contribution in [0.25, 0.3) is 0 Å². The van der Waals surface area contributed by atoms with Crippen molar-refractivity contribution < 1.29 is 9.47 Å². The van der Waals surface area contributed by atoms with E-state index in [0.717, 1.165) is 51.6 Å². The van der Waals surface area contributed by atoms with Gasteiger partial charge in [-0.15, -0.1) is 11.3 Å². The van der Waals surface area contributed by atoms with Crippen molar-refractivity contribution in [2.45, 2.75) is 25.5 Å². The van der Waals surface area contributed by atoms with Crippen molar-refractivity contribution in [3.05, 3.63) is 40.5 Å². The van der Waals surface area contributed by atoms with Gasteiger partial charge in [0.2, 0.25) is 0 Å². The maximum Gasteiger partial charge on any atom is 0.144 e. The van der Waals surface area contributed by atoms with Crippen LogP contribution in [0.1, 0.15) is 16.2 Å². The number of ether oxygens (including phenoxy) is 2. The van der Waals surface area contributed by atoms with Crippen LogP contribution in [0, 0.1) is 12.8 Å². The van der Waals surface area contributed by atoms with Gasteiger partial charge < -0.3 is 14.8 Å². The van der Waals surface area contributed by atoms with E-state index >= 15 is 0 Å². The van der Waals surface area contributed by atoms with Crippen LogP contribution in [0.5, 0.6) is 0 Å². The third kappa shape index (κ3) is 4.40. The number of hydrogen-bond donors (Lipinski definition) is 1. The maximum atomic E-state index is 6.30. The minimum absolute atomic E-state index is 0.183. The molecule has 1 spiro atoms. The lowest BCUT2D eigenvalue weighted by molar-refractivity contribution is -0.0561. The number of anilines is 1. The van der Waals surface area contributed by atoms with E-state index in [4.69, 9.17) is 9.47 Å². The summed E-state index contributed by atoms with van der Waals surface area (Å²) in [5.74, 6) is 1.28. The minimum atomic E-state index is -0.183. The average Bonchev–Trinajstić information content (AvgIpc) is 3.18. The average molecular weight is 375 g/mol. The van der Waals surface area contributed by atoms with Crippen LogP contribution >= 0.6 is 11.3 Å². The van der Waals surface area contributed by atoms with E-state index in [2.05, 4.69) is 39.2 Å². The van der Waals surface area contributed by atoms with Crippen molar-refractivity contribution >= 4 is 17.2 Å². The summed E-state index contributed by atoms with van der Waals surface area (Å²) < 4.78 is 12.2. The molecular formula is C19H26N4O2S. The summed E-state index contributed by atoms with van der Waals surface area (Å²) in [6, 6.07) is 4.44. The maximum absolute atomic E-state index is 6.30. The third-order valence-corrected chi connectivity index (χ3v) is 6.01. The van der Waals surface area contributed by atoms with Crippen LogP contribution in [0.2, 0.25) is 0 Å². The number of hydrogen-bond acceptors (Lipinski definition) is 7. The summed E-state index contributed by atoms with van der Waals surface area (Å²) in [6.45, 7) is 8.13. The molecular weight excluding hydrogens is 348 g/mol. The lowest BCUT2D eigenvalue weighted by Gasteiger charge is -2.31. The standard InChI is InChI=1S/C19H26N4O2S/c1-15-2-3-17(26-15)11-23-6-7-24-14-19(13-23)8-16(12-25-19)9-22-18-10-20-4-5-21-18/h2-5,10,16H,6-9,11-14H2,1H3,(H,21,22)/t16-,19+/m1/s1. The molecule has 0 bridgehead atoms. The van der Waals surface area contributed by atoms with Crippen molar-refractivity contribution in [1.29, 1.82) is 0 Å². The van der Waals surface area contributed by atoms with Gasteiger partial charge in [0, 0.05) is 54.2 Å². The molecule has 4 rings (SSSR count). The quantitative estimate of drug-likeness (QED) is 0.868. The fraction of sp³-hybridized carbons (Fsp3) is 0.579. The molecule has 0 saturated carbocycles. The van der Waals surface area contributed by atoms with Gasteiger partial charge in [-0.3, -0.25) is 9.88 Å². The molecule has 2 fully saturated rings. The molecule has 6 nitrogen and oxygen atoms in total. The van der Waals surface area contributed by atoms with Crippen LogP contribution in [-0.4, -0.2) is 59.9 Å². The van der Waals surface area contributed by atoms with Crippen LogP contribution in [0.3, 0.4) is 0 Å². The SMILES string of the molecule is Cc1ccc(CN2CCOC[C@]3(C[C@H](CNc4cnccn4)CO3)C2)s1. The topological polar surface area (TPSA) is 59.5 Å². The predicted molar refractivity (Wildman–Crippen MR) is 102 cm³/mol. The van der Waals surface area contributed by atoms with E-state index in [9.17, 15) is 0 Å². The Bertz CT molecular complexity index is 711. The Morgan fingerprint density at radius 3 is 3.15 bits per heavy atom. The molecule has 0 aromatic carbocycles. The molecule has 2 aromatic heterocycles. The number of thiophene rings is 1. The van der Waals surface area contributed by atoms with Crippen LogP contribution < -0.4 is 5.32 Å². The molecule has 7 heteroatoms. The lowest BCUT2D eigenvalue weighted by Crippen LogP contribution is -2.43. The second kappa shape index (κ2) is 8.00. The molecule has 2 aliphatic rings. The molecule has 0 aliphatic carbocycles. The molecule has 4 heterocycles. The van der Waals surface area contributed by atoms with Gasteiger partial charge in [0.15, 0.2) is 0 Å². The number of aryl methyl sites for hydroxylation is 1. The highest BCUT2D eigenvalue weighted by Crippen LogP contribution is 2.33. The Morgan fingerprint density at radius 2 is 2.35 bits per heavy atom. The third-order valence-electron chi connectivity index (χ3n) is 5.03. The fourth-order valence-electron chi connectivity index (χ4n) is 3.83. The monoisotopic (exact) mass is 374 g/mol. The van der Waals surface area contributed by atoms with Gasteiger partial charge in [-0.2, -0.15) is 0 Å². The Labute approximate surface area is 158 Å². The fourth-order valence-corrected chi connectivity index (χ4v) is 4.76. The van der Waals surface area contributed by atoms with E-state index in [-0.39, 0.29) is 5.60 Å². The first-order valence-corrected chi connectivity index (χ1v) is 10.0. The zero-order valence-electron chi connectivity index (χ0n) is 15.2. The summed E-state index contributed by atoms with van der Waals surface area (Å²) in [4.78, 5) is 13.6. The summed E-state index contributed by atoms with van der Waals surface area (Å²) in [6.07, 6.45) is 6.16. The minimum Gasteiger partial charge on any atom is -0.377 e. The van der Waals surface area contributed by atoms with Crippen molar-refractivity contribution in [1.82, 2.24) is 14.9 Å². The van der Waals surface area contributed by atoms with Gasteiger partial charge in [-0.05, 0) is 25.5 Å². The van der Waals surface area contributed by atoms with Gasteiger partial charge in [-0.25, -0.2) is 4.98 Å². The highest BCUT2D eigenvalue weighted by molar-refractivity contribution is 7.11. The zero-order valence-corrected chi connectivity index (χ0v) is 16.0. The molecule has 1 N–H and O–H groups in total. The van der Waals surface area contributed by atoms with E-state index in [0.29, 0.717) is 12.5 Å². The Balaban J connectivity index is 1.34. The van der Waals surface area contributed by atoms with Crippen molar-refractivity contribution in [2.75, 3.05) is 44.8 Å². The Kier molecular flexibility index (Phi) is 5.49. The highest BCUT2D eigenvalue weighted by Gasteiger charge is 2.43. The molecule has 2 aliphatic heterocycles. The van der Waals surface area contributed by atoms with Gasteiger partial charge in [0.25, 0.3) is 0 Å². The van der Waals surface area contributed by atoms with Gasteiger partial charge in [0.05, 0.1) is 26.0 Å². The van der Waals surface area contributed by atoms with E-state index < -0.39 is 0 Å². The predicted octanol–water partition coefficient (Wildman–Crippen LogP) is 2.57. The first-order valence-electron chi connectivity index (χ1n) is 9.20. The first kappa shape index (κ1) is 17.9. The number of nitrogens with one attached hydrogen (secondary N) is 1. The van der Waals surface area contributed by atoms with Crippen LogP contribution in [-0.2, 0) is 16.0 Å². The Hall–Kier alpha value is -1.54. The molecule has 140 valence electrons. The van der Waals surface area contributed by atoms with Crippen molar-refractivity contribution in [3.8, 4) is 0 Å². The highest BCUT2D eigenvalue weighted by atomic mass is 32.1. The summed E-state index contributed by atoms with van der Waals surface area (Å²) >= 11 is 1.88. The number of nitrogens with zero attached hydrogens (tertiary/aromatic N) is 3. The molecule has 2 saturated heterocycles. The summed E-state index contributed by atoms with van der Waals surface area (Å²) in [7, 11) is 0. The lowest BCUT2D eigenvalue weighted by atomic mass is 9.94. The molecule has 2 atom stereocenters. The molecule has 0 amide bonds. The van der Waals surface area contributed by atoms with E-state index in [1.54, 1.807) is 18.6 Å². The van der Waals surface area contributed by atoms with Gasteiger partial charge >= 0.3 is 0 Å². The largest absolute Gasteiger partial charge is 0.377 e. The Morgan fingerprint density at radius 1 is 1.38 bits per heavy atom.